The number of ether oxygens (including phenoxy) is 2. The first kappa shape index (κ1) is 15.4. The zero-order valence-electron chi connectivity index (χ0n) is 10.6. The van der Waals surface area contributed by atoms with E-state index in [0.29, 0.717) is 13.1 Å². The molecule has 1 rings (SSSR count). The number of methoxy groups -OCH3 is 1. The quantitative estimate of drug-likeness (QED) is 0.572. The van der Waals surface area contributed by atoms with E-state index in [1.807, 2.05) is 0 Å². The van der Waals surface area contributed by atoms with Crippen LogP contribution in [0.4, 0.5) is 0 Å². The molecule has 0 aromatic carbocycles. The first-order valence-electron chi connectivity index (χ1n) is 5.87. The minimum atomic E-state index is -3.49. The molecule has 7 nitrogen and oxygen atoms in total. The van der Waals surface area contributed by atoms with Crippen molar-refractivity contribution in [1.29, 1.82) is 0 Å². The number of carbonyl (C=O) groups is 1. The first-order chi connectivity index (χ1) is 8.48. The number of nitrogens with one attached hydrogen (secondary N) is 2. The van der Waals surface area contributed by atoms with Gasteiger partial charge in [-0.2, -0.15) is 0 Å². The Labute approximate surface area is 107 Å². The number of sulfonamides is 1. The Morgan fingerprint density at radius 3 is 2.78 bits per heavy atom. The van der Waals surface area contributed by atoms with Crippen molar-refractivity contribution in [1.82, 2.24) is 10.0 Å². The maximum atomic E-state index is 11.8. The highest BCUT2D eigenvalue weighted by atomic mass is 32.2. The third kappa shape index (κ3) is 4.89. The lowest BCUT2D eigenvalue weighted by Gasteiger charge is -2.18. The normalized spacial score (nSPS) is 24.1. The van der Waals surface area contributed by atoms with Gasteiger partial charge in [0.2, 0.25) is 10.0 Å². The van der Waals surface area contributed by atoms with Crippen molar-refractivity contribution >= 4 is 16.0 Å². The van der Waals surface area contributed by atoms with E-state index in [0.717, 1.165) is 0 Å². The molecule has 0 aromatic heterocycles. The van der Waals surface area contributed by atoms with Gasteiger partial charge >= 0.3 is 5.97 Å². The van der Waals surface area contributed by atoms with Crippen molar-refractivity contribution in [2.24, 2.45) is 0 Å². The highest BCUT2D eigenvalue weighted by Gasteiger charge is 2.30. The lowest BCUT2D eigenvalue weighted by atomic mass is 10.2. The minimum Gasteiger partial charge on any atom is -0.466 e. The fraction of sp³-hybridized carbons (Fsp3) is 0.900. The summed E-state index contributed by atoms with van der Waals surface area (Å²) < 4.78 is 35.9. The van der Waals surface area contributed by atoms with Gasteiger partial charge in [-0.3, -0.25) is 4.79 Å². The Bertz CT molecular complexity index is 370. The number of hydrogen-bond acceptors (Lipinski definition) is 6. The molecule has 0 aromatic rings. The minimum absolute atomic E-state index is 0.138. The molecule has 0 saturated carbocycles. The van der Waals surface area contributed by atoms with Crippen LogP contribution in [0.2, 0.25) is 0 Å². The van der Waals surface area contributed by atoms with Crippen LogP contribution < -0.4 is 10.0 Å². The molecule has 2 N–H and O–H groups in total. The van der Waals surface area contributed by atoms with Gasteiger partial charge in [0.15, 0.2) is 0 Å². The van der Waals surface area contributed by atoms with E-state index in [4.69, 9.17) is 4.74 Å². The highest BCUT2D eigenvalue weighted by Crippen LogP contribution is 2.06. The smallest absolute Gasteiger partial charge is 0.306 e. The van der Waals surface area contributed by atoms with Crippen molar-refractivity contribution < 1.29 is 22.7 Å². The maximum Gasteiger partial charge on any atom is 0.306 e. The summed E-state index contributed by atoms with van der Waals surface area (Å²) in [5.41, 5.74) is 0. The molecule has 1 fully saturated rings. The molecule has 1 heterocycles. The average molecular weight is 280 g/mol. The Kier molecular flexibility index (Phi) is 6.00. The van der Waals surface area contributed by atoms with E-state index in [9.17, 15) is 13.2 Å². The van der Waals surface area contributed by atoms with Crippen molar-refractivity contribution in [2.45, 2.75) is 25.5 Å². The summed E-state index contributed by atoms with van der Waals surface area (Å²) in [6.07, 6.45) is -0.316. The van der Waals surface area contributed by atoms with E-state index in [1.165, 1.54) is 7.11 Å². The Morgan fingerprint density at radius 2 is 2.17 bits per heavy atom. The van der Waals surface area contributed by atoms with E-state index in [-0.39, 0.29) is 30.9 Å². The Morgan fingerprint density at radius 1 is 1.44 bits per heavy atom. The van der Waals surface area contributed by atoms with Crippen LogP contribution in [0.3, 0.4) is 0 Å². The van der Waals surface area contributed by atoms with Gasteiger partial charge in [0.25, 0.3) is 0 Å². The van der Waals surface area contributed by atoms with Crippen LogP contribution in [-0.2, 0) is 24.3 Å². The average Bonchev–Trinajstić information content (AvgIpc) is 2.73. The van der Waals surface area contributed by atoms with Crippen molar-refractivity contribution in [3.8, 4) is 0 Å². The van der Waals surface area contributed by atoms with Crippen LogP contribution in [0, 0.1) is 0 Å². The van der Waals surface area contributed by atoms with Crippen LogP contribution in [0.1, 0.15) is 13.3 Å². The molecular weight excluding hydrogens is 260 g/mol. The second-order valence-electron chi connectivity index (χ2n) is 4.03. The summed E-state index contributed by atoms with van der Waals surface area (Å²) in [6.45, 7) is 3.07. The molecule has 0 bridgehead atoms. The molecule has 1 aliphatic rings. The summed E-state index contributed by atoms with van der Waals surface area (Å²) in [5, 5.41) is 3.04. The maximum absolute atomic E-state index is 11.8. The Balaban J connectivity index is 2.42. The second-order valence-corrected chi connectivity index (χ2v) is 5.90. The third-order valence-electron chi connectivity index (χ3n) is 2.67. The zero-order chi connectivity index (χ0) is 13.6. The molecule has 1 saturated heterocycles. The van der Waals surface area contributed by atoms with Gasteiger partial charge in [-0.1, -0.05) is 0 Å². The monoisotopic (exact) mass is 280 g/mol. The molecule has 0 amide bonds. The topological polar surface area (TPSA) is 93.7 Å². The fourth-order valence-corrected chi connectivity index (χ4v) is 3.01. The van der Waals surface area contributed by atoms with Crippen molar-refractivity contribution in [3.05, 3.63) is 0 Å². The summed E-state index contributed by atoms with van der Waals surface area (Å²) >= 11 is 0. The number of rotatable bonds is 7. The van der Waals surface area contributed by atoms with Crippen molar-refractivity contribution in [3.63, 3.8) is 0 Å². The van der Waals surface area contributed by atoms with Gasteiger partial charge in [-0.25, -0.2) is 13.1 Å². The third-order valence-corrected chi connectivity index (χ3v) is 4.08. The van der Waals surface area contributed by atoms with Crippen molar-refractivity contribution in [2.75, 3.05) is 32.6 Å². The summed E-state index contributed by atoms with van der Waals surface area (Å²) in [5.74, 6) is -0.769. The summed E-state index contributed by atoms with van der Waals surface area (Å²) in [7, 11) is -1.95. The molecule has 1 unspecified atom stereocenters. The molecule has 0 aliphatic carbocycles. The first-order valence-corrected chi connectivity index (χ1v) is 7.53. The molecule has 0 spiro atoms. The fourth-order valence-electron chi connectivity index (χ4n) is 1.76. The van der Waals surface area contributed by atoms with Crippen LogP contribution in [0.15, 0.2) is 0 Å². The SMILES string of the molecule is CCOC(=O)CCS(=O)(=O)NC1CNC[C@@H]1OC. The summed E-state index contributed by atoms with van der Waals surface area (Å²) in [4.78, 5) is 11.1. The second kappa shape index (κ2) is 7.03. The zero-order valence-corrected chi connectivity index (χ0v) is 11.5. The standard InChI is InChI=1S/C10H20N2O5S/c1-3-17-10(13)4-5-18(14,15)12-8-6-11-7-9(8)16-2/h8-9,11-12H,3-7H2,1-2H3/t8?,9-/m0/s1. The lowest BCUT2D eigenvalue weighted by molar-refractivity contribution is -0.142. The van der Waals surface area contributed by atoms with E-state index in [1.54, 1.807) is 6.92 Å². The molecule has 0 radical (unpaired) electrons. The molecular formula is C10H20N2O5S. The van der Waals surface area contributed by atoms with E-state index >= 15 is 0 Å². The molecule has 2 atom stereocenters. The molecule has 8 heteroatoms. The predicted octanol–water partition coefficient (Wildman–Crippen LogP) is -1.15. The molecule has 18 heavy (non-hydrogen) atoms. The van der Waals surface area contributed by atoms with Gasteiger partial charge in [-0.05, 0) is 6.92 Å². The number of esters is 1. The van der Waals surface area contributed by atoms with Crippen LogP contribution in [-0.4, -0.2) is 59.1 Å². The number of carbonyl (C=O) groups excluding carboxylic acids is 1. The van der Waals surface area contributed by atoms with Gasteiger partial charge in [0, 0.05) is 20.2 Å². The largest absolute Gasteiger partial charge is 0.466 e. The highest BCUT2D eigenvalue weighted by molar-refractivity contribution is 7.89. The predicted molar refractivity (Wildman–Crippen MR) is 65.6 cm³/mol. The van der Waals surface area contributed by atoms with E-state index in [2.05, 4.69) is 14.8 Å². The van der Waals surface area contributed by atoms with Gasteiger partial charge < -0.3 is 14.8 Å². The number of hydrogen-bond donors (Lipinski definition) is 2. The lowest BCUT2D eigenvalue weighted by Crippen LogP contribution is -2.44. The van der Waals surface area contributed by atoms with Crippen LogP contribution in [0.25, 0.3) is 0 Å². The summed E-state index contributed by atoms with van der Waals surface area (Å²) in [6, 6.07) is -0.290. The van der Waals surface area contributed by atoms with E-state index < -0.39 is 16.0 Å². The molecule has 106 valence electrons. The van der Waals surface area contributed by atoms with Crippen LogP contribution in [0.5, 0.6) is 0 Å². The van der Waals surface area contributed by atoms with Gasteiger partial charge in [-0.15, -0.1) is 0 Å². The van der Waals surface area contributed by atoms with Gasteiger partial charge in [0.1, 0.15) is 0 Å². The molecule has 1 aliphatic heterocycles. The Hall–Kier alpha value is -0.700. The van der Waals surface area contributed by atoms with Crippen LogP contribution >= 0.6 is 0 Å². The van der Waals surface area contributed by atoms with Gasteiger partial charge in [0.05, 0.1) is 30.9 Å².